The summed E-state index contributed by atoms with van der Waals surface area (Å²) in [5, 5.41) is 11.8. The van der Waals surface area contributed by atoms with Crippen LogP contribution in [-0.2, 0) is 11.8 Å². The van der Waals surface area contributed by atoms with E-state index in [1.165, 1.54) is 11.1 Å². The molecule has 4 aliphatic rings. The van der Waals surface area contributed by atoms with Crippen molar-refractivity contribution >= 4 is 0 Å². The van der Waals surface area contributed by atoms with Crippen LogP contribution in [0.1, 0.15) is 30.4 Å². The van der Waals surface area contributed by atoms with Gasteiger partial charge in [0.1, 0.15) is 6.10 Å². The zero-order valence-electron chi connectivity index (χ0n) is 13.7. The maximum absolute atomic E-state index is 11.8. The van der Waals surface area contributed by atoms with E-state index in [0.29, 0.717) is 0 Å². The zero-order chi connectivity index (χ0) is 16.0. The molecule has 2 aliphatic carbocycles. The van der Waals surface area contributed by atoms with Crippen molar-refractivity contribution in [1.82, 2.24) is 4.90 Å². The van der Waals surface area contributed by atoms with Gasteiger partial charge in [-0.25, -0.2) is 0 Å². The van der Waals surface area contributed by atoms with E-state index in [1.807, 2.05) is 6.07 Å². The highest BCUT2D eigenvalue weighted by Gasteiger charge is 2.72. The molecule has 0 aromatic heterocycles. The SMILES string of the molecule is COc1ccc2c3c1O[C@H]1[C@@H](N)CC[C@@]4(O)C(C2)N(C)CC[C@]314. The first kappa shape index (κ1) is 14.1. The molecule has 23 heavy (non-hydrogen) atoms. The molecular formula is C18H24N2O3. The Bertz CT molecular complexity index is 693. The molecule has 0 radical (unpaired) electrons. The van der Waals surface area contributed by atoms with Gasteiger partial charge in [-0.1, -0.05) is 6.07 Å². The molecule has 5 nitrogen and oxygen atoms in total. The molecule has 124 valence electrons. The van der Waals surface area contributed by atoms with Gasteiger partial charge in [0.15, 0.2) is 11.5 Å². The lowest BCUT2D eigenvalue weighted by Gasteiger charge is -2.63. The summed E-state index contributed by atoms with van der Waals surface area (Å²) in [4.78, 5) is 2.32. The van der Waals surface area contributed by atoms with Crippen molar-refractivity contribution in [2.24, 2.45) is 5.73 Å². The van der Waals surface area contributed by atoms with Crippen LogP contribution in [0.25, 0.3) is 0 Å². The lowest BCUT2D eigenvalue weighted by molar-refractivity contribution is -0.184. The van der Waals surface area contributed by atoms with E-state index in [2.05, 4.69) is 18.0 Å². The van der Waals surface area contributed by atoms with Gasteiger partial charge in [0.25, 0.3) is 0 Å². The number of likely N-dealkylation sites (N-methyl/N-ethyl adjacent to an activating group) is 1. The molecule has 2 fully saturated rings. The minimum atomic E-state index is -0.759. The summed E-state index contributed by atoms with van der Waals surface area (Å²) in [6, 6.07) is 4.24. The number of piperidine rings is 1. The Morgan fingerprint density at radius 3 is 3.00 bits per heavy atom. The van der Waals surface area contributed by atoms with Gasteiger partial charge in [-0.15, -0.1) is 0 Å². The standard InChI is InChI=1S/C18H24N2O3/c1-20-8-7-17-14-10-3-4-12(22-2)15(14)23-16(17)11(19)5-6-18(17,21)13(20)9-10/h3-4,11,13,16,21H,5-9,19H2,1-2H3/t11-,13?,16-,17-,18+/m0/s1. The second-order valence-electron chi connectivity index (χ2n) is 7.72. The Balaban J connectivity index is 1.84. The number of rotatable bonds is 1. The predicted octanol–water partition coefficient (Wildman–Crippen LogP) is 0.806. The van der Waals surface area contributed by atoms with Crippen LogP contribution < -0.4 is 15.2 Å². The van der Waals surface area contributed by atoms with Gasteiger partial charge in [-0.2, -0.15) is 0 Å². The second kappa shape index (κ2) is 4.21. The molecule has 1 unspecified atom stereocenters. The van der Waals surface area contributed by atoms with Gasteiger partial charge in [0.05, 0.1) is 18.1 Å². The number of hydrogen-bond donors (Lipinski definition) is 2. The molecule has 1 aromatic rings. The van der Waals surface area contributed by atoms with Crippen molar-refractivity contribution < 1.29 is 14.6 Å². The first-order valence-corrected chi connectivity index (χ1v) is 8.58. The van der Waals surface area contributed by atoms with Crippen molar-refractivity contribution in [3.8, 4) is 11.5 Å². The normalized spacial score (nSPS) is 43.7. The predicted molar refractivity (Wildman–Crippen MR) is 86.0 cm³/mol. The molecule has 5 atom stereocenters. The molecule has 5 heteroatoms. The van der Waals surface area contributed by atoms with Gasteiger partial charge >= 0.3 is 0 Å². The lowest BCUT2D eigenvalue weighted by atomic mass is 9.48. The van der Waals surface area contributed by atoms with Gasteiger partial charge in [-0.3, -0.25) is 0 Å². The number of methoxy groups -OCH3 is 1. The van der Waals surface area contributed by atoms with E-state index >= 15 is 0 Å². The summed E-state index contributed by atoms with van der Waals surface area (Å²) in [5.41, 5.74) is 7.80. The van der Waals surface area contributed by atoms with Crippen LogP contribution in [0.4, 0.5) is 0 Å². The summed E-state index contributed by atoms with van der Waals surface area (Å²) in [5.74, 6) is 1.59. The van der Waals surface area contributed by atoms with Crippen molar-refractivity contribution in [3.05, 3.63) is 23.3 Å². The first-order valence-electron chi connectivity index (χ1n) is 8.58. The molecule has 1 aromatic carbocycles. The molecule has 2 heterocycles. The van der Waals surface area contributed by atoms with Crippen LogP contribution in [0.5, 0.6) is 11.5 Å². The number of nitrogens with two attached hydrogens (primary N) is 1. The Labute approximate surface area is 136 Å². The summed E-state index contributed by atoms with van der Waals surface area (Å²) in [6.07, 6.45) is 3.16. The maximum Gasteiger partial charge on any atom is 0.165 e. The van der Waals surface area contributed by atoms with E-state index in [9.17, 15) is 5.11 Å². The Hall–Kier alpha value is -1.30. The smallest absolute Gasteiger partial charge is 0.165 e. The van der Waals surface area contributed by atoms with Crippen LogP contribution in [0.15, 0.2) is 12.1 Å². The van der Waals surface area contributed by atoms with E-state index in [0.717, 1.165) is 43.7 Å². The largest absolute Gasteiger partial charge is 0.493 e. The average molecular weight is 316 g/mol. The number of nitrogens with zero attached hydrogens (tertiary/aromatic N) is 1. The zero-order valence-corrected chi connectivity index (χ0v) is 13.7. The van der Waals surface area contributed by atoms with E-state index in [4.69, 9.17) is 15.2 Å². The number of benzene rings is 1. The molecular weight excluding hydrogens is 292 g/mol. The van der Waals surface area contributed by atoms with Gasteiger partial charge in [0.2, 0.25) is 0 Å². The van der Waals surface area contributed by atoms with Crippen LogP contribution in [0.2, 0.25) is 0 Å². The topological polar surface area (TPSA) is 68.0 Å². The van der Waals surface area contributed by atoms with Crippen molar-refractivity contribution in [1.29, 1.82) is 0 Å². The molecule has 1 spiro atoms. The third kappa shape index (κ3) is 1.37. The Morgan fingerprint density at radius 1 is 1.39 bits per heavy atom. The molecule has 1 saturated carbocycles. The van der Waals surface area contributed by atoms with Gasteiger partial charge in [-0.05, 0) is 50.9 Å². The molecule has 5 rings (SSSR count). The lowest BCUT2D eigenvalue weighted by Crippen LogP contribution is -2.77. The summed E-state index contributed by atoms with van der Waals surface area (Å²) >= 11 is 0. The third-order valence-electron chi connectivity index (χ3n) is 6.98. The molecule has 2 bridgehead atoms. The highest BCUT2D eigenvalue weighted by molar-refractivity contribution is 5.63. The highest BCUT2D eigenvalue weighted by atomic mass is 16.5. The van der Waals surface area contributed by atoms with Crippen LogP contribution >= 0.6 is 0 Å². The van der Waals surface area contributed by atoms with Crippen molar-refractivity contribution in [2.75, 3.05) is 20.7 Å². The number of hydrogen-bond acceptors (Lipinski definition) is 5. The third-order valence-corrected chi connectivity index (χ3v) is 6.98. The molecule has 2 aliphatic heterocycles. The molecule has 3 N–H and O–H groups in total. The summed E-state index contributed by atoms with van der Waals surface area (Å²) in [7, 11) is 3.80. The van der Waals surface area contributed by atoms with E-state index in [1.54, 1.807) is 7.11 Å². The first-order chi connectivity index (χ1) is 11.0. The van der Waals surface area contributed by atoms with Gasteiger partial charge < -0.3 is 25.2 Å². The van der Waals surface area contributed by atoms with E-state index < -0.39 is 5.60 Å². The number of ether oxygens (including phenoxy) is 2. The maximum atomic E-state index is 11.8. The minimum absolute atomic E-state index is 0.0395. The number of aliphatic hydroxyl groups is 1. The minimum Gasteiger partial charge on any atom is -0.493 e. The van der Waals surface area contributed by atoms with Crippen LogP contribution in [0.3, 0.4) is 0 Å². The molecule has 1 saturated heterocycles. The quantitative estimate of drug-likeness (QED) is 0.802. The fourth-order valence-electron chi connectivity index (χ4n) is 5.94. The summed E-state index contributed by atoms with van der Waals surface area (Å²) < 4.78 is 11.9. The average Bonchev–Trinajstić information content (AvgIpc) is 2.90. The van der Waals surface area contributed by atoms with Gasteiger partial charge in [0, 0.05) is 17.6 Å². The molecule has 0 amide bonds. The monoisotopic (exact) mass is 316 g/mol. The van der Waals surface area contributed by atoms with E-state index in [-0.39, 0.29) is 23.6 Å². The fourth-order valence-corrected chi connectivity index (χ4v) is 5.94. The highest BCUT2D eigenvalue weighted by Crippen LogP contribution is 2.65. The Kier molecular flexibility index (Phi) is 2.57. The van der Waals surface area contributed by atoms with Crippen molar-refractivity contribution in [3.63, 3.8) is 0 Å². The Morgan fingerprint density at radius 2 is 2.22 bits per heavy atom. The van der Waals surface area contributed by atoms with Crippen LogP contribution in [0, 0.1) is 0 Å². The fraction of sp³-hybridized carbons (Fsp3) is 0.667. The second-order valence-corrected chi connectivity index (χ2v) is 7.72. The summed E-state index contributed by atoms with van der Waals surface area (Å²) in [6.45, 7) is 0.968. The number of likely N-dealkylation sites (tertiary alicyclic amines) is 1. The van der Waals surface area contributed by atoms with Crippen molar-refractivity contribution in [2.45, 2.75) is 54.9 Å². The van der Waals surface area contributed by atoms with Crippen LogP contribution in [-0.4, -0.2) is 54.5 Å².